The Morgan fingerprint density at radius 3 is 1.50 bits per heavy atom. The van der Waals surface area contributed by atoms with Crippen LogP contribution in [0.1, 0.15) is 112 Å². The van der Waals surface area contributed by atoms with Crippen molar-refractivity contribution in [1.82, 2.24) is 4.90 Å². The van der Waals surface area contributed by atoms with Gasteiger partial charge >= 0.3 is 23.9 Å². The van der Waals surface area contributed by atoms with Gasteiger partial charge in [0.15, 0.2) is 0 Å². The van der Waals surface area contributed by atoms with Crippen molar-refractivity contribution < 1.29 is 66.2 Å². The highest BCUT2D eigenvalue weighted by Gasteiger charge is 2.17. The van der Waals surface area contributed by atoms with Gasteiger partial charge in [0.2, 0.25) is 0 Å². The second-order valence-corrected chi connectivity index (χ2v) is 11.5. The van der Waals surface area contributed by atoms with Crippen LogP contribution in [0.3, 0.4) is 0 Å². The number of aliphatic carboxylic acids is 2. The maximum atomic E-state index is 12.5. The summed E-state index contributed by atoms with van der Waals surface area (Å²) in [6.07, 6.45) is 10.5. The van der Waals surface area contributed by atoms with Crippen LogP contribution in [0.4, 0.5) is 0 Å². The highest BCUT2D eigenvalue weighted by Crippen LogP contribution is 2.21. The van der Waals surface area contributed by atoms with Crippen LogP contribution in [-0.4, -0.2) is 77.3 Å². The summed E-state index contributed by atoms with van der Waals surface area (Å²) in [4.78, 5) is 67.2. The van der Waals surface area contributed by atoms with Gasteiger partial charge in [-0.2, -0.15) is 0 Å². The molecular formula is C36H52Cl2N2O10. The number of quaternary nitrogens is 1. The van der Waals surface area contributed by atoms with Crippen LogP contribution in [0.25, 0.3) is 0 Å². The van der Waals surface area contributed by atoms with Crippen molar-refractivity contribution in [1.29, 1.82) is 0 Å². The van der Waals surface area contributed by atoms with E-state index in [1.807, 2.05) is 0 Å². The Labute approximate surface area is 306 Å². The zero-order valence-corrected chi connectivity index (χ0v) is 31.0. The standard InChI is InChI=1S/C18H25NO5.C9H7ClO3.C9H19NO2.ClH/c1-14(20)24-16-11-8-7-10-15(16)18(23)19(2)13-9-5-3-4-6-12-17(21)22;1-6(11)13-8-5-3-2-4-7(8)9(10)12;1-10-8-6-4-2-3-5-7-9(11)12;/h7-8,10-11H,3-6,9,12-13H2,1-2H3,(H,21,22);2-5H,1H3;10H,2-8H2,1H3,(H,11,12);1H. The molecule has 0 aromatic heterocycles. The Bertz CT molecular complexity index is 1320. The first-order chi connectivity index (χ1) is 23.3. The minimum atomic E-state index is -0.758. The lowest BCUT2D eigenvalue weighted by molar-refractivity contribution is -0.627. The molecule has 12 nitrogen and oxygen atoms in total. The minimum absolute atomic E-state index is 0. The van der Waals surface area contributed by atoms with E-state index in [4.69, 9.17) is 31.3 Å². The van der Waals surface area contributed by atoms with E-state index in [0.717, 1.165) is 38.5 Å². The summed E-state index contributed by atoms with van der Waals surface area (Å²) >= 11 is 5.26. The Morgan fingerprint density at radius 2 is 1.06 bits per heavy atom. The number of carbonyl (C=O) groups excluding carboxylic acids is 4. The highest BCUT2D eigenvalue weighted by molar-refractivity contribution is 6.68. The molecule has 14 heteroatoms. The lowest BCUT2D eigenvalue weighted by atomic mass is 10.1. The summed E-state index contributed by atoms with van der Waals surface area (Å²) in [5, 5.41) is 18.4. The number of esters is 2. The van der Waals surface area contributed by atoms with E-state index in [-0.39, 0.29) is 41.8 Å². The molecule has 0 spiro atoms. The number of amides is 1. The average molecular weight is 744 g/mol. The van der Waals surface area contributed by atoms with Crippen LogP contribution in [0.2, 0.25) is 0 Å². The van der Waals surface area contributed by atoms with E-state index < -0.39 is 29.1 Å². The van der Waals surface area contributed by atoms with E-state index >= 15 is 0 Å². The molecule has 0 atom stereocenters. The summed E-state index contributed by atoms with van der Waals surface area (Å²) in [5.41, 5.74) is 0.566. The van der Waals surface area contributed by atoms with Crippen molar-refractivity contribution in [3.63, 3.8) is 0 Å². The predicted molar refractivity (Wildman–Crippen MR) is 186 cm³/mol. The molecule has 0 saturated heterocycles. The Balaban J connectivity index is 0. The first kappa shape index (κ1) is 48.1. The van der Waals surface area contributed by atoms with Crippen molar-refractivity contribution in [2.24, 2.45) is 0 Å². The molecule has 0 radical (unpaired) electrons. The van der Waals surface area contributed by atoms with Crippen molar-refractivity contribution in [2.45, 2.75) is 90.9 Å². The number of nitrogens with two attached hydrogens (primary N) is 1. The molecule has 1 amide bonds. The third-order valence-corrected chi connectivity index (χ3v) is 7.04. The second kappa shape index (κ2) is 29.9. The monoisotopic (exact) mass is 742 g/mol. The Morgan fingerprint density at radius 1 is 0.660 bits per heavy atom. The third-order valence-electron chi connectivity index (χ3n) is 6.84. The van der Waals surface area contributed by atoms with Gasteiger partial charge in [0, 0.05) is 40.3 Å². The van der Waals surface area contributed by atoms with Gasteiger partial charge in [0.25, 0.3) is 11.1 Å². The smallest absolute Gasteiger partial charge is 0.308 e. The lowest BCUT2D eigenvalue weighted by Crippen LogP contribution is -3.00. The topological polar surface area (TPSA) is 181 Å². The largest absolute Gasteiger partial charge is 1.00 e. The molecule has 280 valence electrons. The SMILES string of the molecule is CC(=O)Oc1ccccc1C(=O)Cl.CC(=O)Oc1ccccc1C(=O)N(C)CCCCCCCC(=O)O.C[NH2+]CCCCCCCC(=O)O.[Cl-]. The average Bonchev–Trinajstić information content (AvgIpc) is 3.03. The molecule has 0 fully saturated rings. The summed E-state index contributed by atoms with van der Waals surface area (Å²) in [6, 6.07) is 13.0. The number of hydrogen-bond acceptors (Lipinski definition) is 8. The van der Waals surface area contributed by atoms with E-state index in [1.165, 1.54) is 51.8 Å². The molecule has 2 aromatic rings. The number of nitrogens with zero attached hydrogens (tertiary/aromatic N) is 1. The van der Waals surface area contributed by atoms with E-state index in [9.17, 15) is 28.8 Å². The summed E-state index contributed by atoms with van der Waals surface area (Å²) in [5.74, 6) is -2.09. The maximum Gasteiger partial charge on any atom is 0.308 e. The van der Waals surface area contributed by atoms with Crippen molar-refractivity contribution in [3.05, 3.63) is 59.7 Å². The quantitative estimate of drug-likeness (QED) is 0.0790. The molecule has 4 N–H and O–H groups in total. The molecule has 0 aliphatic carbocycles. The number of unbranched alkanes of at least 4 members (excludes halogenated alkanes) is 8. The second-order valence-electron chi connectivity index (χ2n) is 11.2. The highest BCUT2D eigenvalue weighted by atomic mass is 35.5. The van der Waals surface area contributed by atoms with Gasteiger partial charge < -0.3 is 42.3 Å². The van der Waals surface area contributed by atoms with Gasteiger partial charge in [-0.15, -0.1) is 0 Å². The molecule has 2 aromatic carbocycles. The van der Waals surface area contributed by atoms with Crippen molar-refractivity contribution in [2.75, 3.05) is 27.2 Å². The van der Waals surface area contributed by atoms with Gasteiger partial charge in [0.1, 0.15) is 11.5 Å². The number of carboxylic acid groups (broad SMARTS) is 2. The van der Waals surface area contributed by atoms with E-state index in [2.05, 4.69) is 12.4 Å². The molecular weight excluding hydrogens is 691 g/mol. The molecule has 0 aliphatic heterocycles. The number of benzene rings is 2. The van der Waals surface area contributed by atoms with Crippen molar-refractivity contribution >= 4 is 46.6 Å². The molecule has 0 heterocycles. The fraction of sp³-hybridized carbons (Fsp3) is 0.500. The van der Waals surface area contributed by atoms with Gasteiger partial charge in [-0.1, -0.05) is 56.4 Å². The van der Waals surface area contributed by atoms with Gasteiger partial charge in [0.05, 0.1) is 24.7 Å². The van der Waals surface area contributed by atoms with Crippen LogP contribution in [0.5, 0.6) is 11.5 Å². The number of halogens is 2. The zero-order chi connectivity index (χ0) is 37.0. The maximum absolute atomic E-state index is 12.5. The Hall–Kier alpha value is -4.00. The number of ether oxygens (including phenoxy) is 2. The number of carboxylic acids is 2. The first-order valence-corrected chi connectivity index (χ1v) is 16.9. The van der Waals surface area contributed by atoms with Gasteiger partial charge in [-0.25, -0.2) is 0 Å². The fourth-order valence-corrected chi connectivity index (χ4v) is 4.53. The predicted octanol–water partition coefficient (Wildman–Crippen LogP) is 2.71. The van der Waals surface area contributed by atoms with Crippen LogP contribution < -0.4 is 27.2 Å². The normalized spacial score (nSPS) is 9.78. The van der Waals surface area contributed by atoms with Crippen LogP contribution in [-0.2, 0) is 19.2 Å². The van der Waals surface area contributed by atoms with Crippen LogP contribution in [0.15, 0.2) is 48.5 Å². The zero-order valence-electron chi connectivity index (χ0n) is 29.5. The van der Waals surface area contributed by atoms with Gasteiger partial charge in [-0.3, -0.25) is 28.8 Å². The molecule has 0 aliphatic rings. The Kier molecular flexibility index (Phi) is 28.8. The van der Waals surface area contributed by atoms with Gasteiger partial charge in [-0.05, 0) is 68.0 Å². The molecule has 2 rings (SSSR count). The molecule has 0 bridgehead atoms. The molecule has 0 unspecified atom stereocenters. The summed E-state index contributed by atoms with van der Waals surface area (Å²) in [7, 11) is 3.79. The van der Waals surface area contributed by atoms with E-state index in [0.29, 0.717) is 24.9 Å². The third kappa shape index (κ3) is 25.0. The molecule has 0 saturated carbocycles. The summed E-state index contributed by atoms with van der Waals surface area (Å²) in [6.45, 7) is 4.36. The number of para-hydroxylation sites is 2. The fourth-order valence-electron chi connectivity index (χ4n) is 4.38. The van der Waals surface area contributed by atoms with E-state index in [1.54, 1.807) is 48.3 Å². The minimum Gasteiger partial charge on any atom is -1.00 e. The van der Waals surface area contributed by atoms with Crippen LogP contribution in [0, 0.1) is 0 Å². The number of rotatable bonds is 20. The lowest BCUT2D eigenvalue weighted by Gasteiger charge is -2.18. The summed E-state index contributed by atoms with van der Waals surface area (Å²) < 4.78 is 9.83. The van der Waals surface area contributed by atoms with Crippen LogP contribution >= 0.6 is 11.6 Å². The first-order valence-electron chi connectivity index (χ1n) is 16.5. The van der Waals surface area contributed by atoms with Crippen molar-refractivity contribution in [3.8, 4) is 11.5 Å². The number of carbonyl (C=O) groups is 6. The molecule has 50 heavy (non-hydrogen) atoms. The number of hydrogen-bond donors (Lipinski definition) is 3.